The van der Waals surface area contributed by atoms with Crippen molar-refractivity contribution in [2.75, 3.05) is 19.0 Å². The van der Waals surface area contributed by atoms with Gasteiger partial charge in [-0.3, -0.25) is 14.4 Å². The average Bonchev–Trinajstić information content (AvgIpc) is 3.29. The SMILES string of the molecule is COc1ccc(Cl)cc1C(=O)N1CCCC1C(=O)Nc1cccc(-c2ccc(=O)[nH]n2)c1. The fraction of sp³-hybridized carbons (Fsp3) is 0.217. The molecule has 32 heavy (non-hydrogen) atoms. The van der Waals surface area contributed by atoms with E-state index in [9.17, 15) is 14.4 Å². The zero-order valence-corrected chi connectivity index (χ0v) is 18.1. The molecule has 0 radical (unpaired) electrons. The Hall–Kier alpha value is -3.65. The Morgan fingerprint density at radius 1 is 1.19 bits per heavy atom. The van der Waals surface area contributed by atoms with Crippen LogP contribution in [0, 0.1) is 0 Å². The minimum Gasteiger partial charge on any atom is -0.496 e. The van der Waals surface area contributed by atoms with E-state index in [0.717, 1.165) is 5.56 Å². The number of nitrogens with zero attached hydrogens (tertiary/aromatic N) is 2. The number of rotatable bonds is 5. The number of halogens is 1. The maximum absolute atomic E-state index is 13.2. The van der Waals surface area contributed by atoms with Crippen molar-refractivity contribution in [1.29, 1.82) is 0 Å². The molecule has 2 amide bonds. The van der Waals surface area contributed by atoms with Crippen molar-refractivity contribution in [3.8, 4) is 17.0 Å². The van der Waals surface area contributed by atoms with Gasteiger partial charge in [0.1, 0.15) is 11.8 Å². The number of aromatic nitrogens is 2. The molecule has 1 atom stereocenters. The van der Waals surface area contributed by atoms with E-state index in [2.05, 4.69) is 15.5 Å². The van der Waals surface area contributed by atoms with Crippen molar-refractivity contribution < 1.29 is 14.3 Å². The Kier molecular flexibility index (Phi) is 6.23. The third-order valence-corrected chi connectivity index (χ3v) is 5.55. The molecule has 1 aliphatic heterocycles. The quantitative estimate of drug-likeness (QED) is 0.617. The molecule has 2 N–H and O–H groups in total. The molecule has 4 rings (SSSR count). The summed E-state index contributed by atoms with van der Waals surface area (Å²) in [6.45, 7) is 0.466. The molecule has 1 unspecified atom stereocenters. The van der Waals surface area contributed by atoms with E-state index in [1.807, 2.05) is 6.07 Å². The highest BCUT2D eigenvalue weighted by atomic mass is 35.5. The number of nitrogens with one attached hydrogen (secondary N) is 2. The molecule has 164 valence electrons. The zero-order chi connectivity index (χ0) is 22.7. The normalized spacial score (nSPS) is 15.4. The van der Waals surface area contributed by atoms with Crippen molar-refractivity contribution in [3.63, 3.8) is 0 Å². The number of hydrogen-bond donors (Lipinski definition) is 2. The molecule has 3 aromatic rings. The van der Waals surface area contributed by atoms with Gasteiger partial charge in [-0.05, 0) is 49.2 Å². The summed E-state index contributed by atoms with van der Waals surface area (Å²) in [7, 11) is 1.48. The van der Waals surface area contributed by atoms with Crippen molar-refractivity contribution in [1.82, 2.24) is 15.1 Å². The average molecular weight is 453 g/mol. The Labute approximate surface area is 189 Å². The van der Waals surface area contributed by atoms with Crippen LogP contribution in [0.15, 0.2) is 59.4 Å². The van der Waals surface area contributed by atoms with E-state index in [4.69, 9.17) is 16.3 Å². The molecule has 2 aromatic carbocycles. The number of benzene rings is 2. The van der Waals surface area contributed by atoms with Gasteiger partial charge in [0.25, 0.3) is 11.5 Å². The smallest absolute Gasteiger partial charge is 0.264 e. The van der Waals surface area contributed by atoms with E-state index >= 15 is 0 Å². The fourth-order valence-corrected chi connectivity index (χ4v) is 3.94. The molecule has 1 saturated heterocycles. The second-order valence-electron chi connectivity index (χ2n) is 7.38. The number of hydrogen-bond acceptors (Lipinski definition) is 5. The van der Waals surface area contributed by atoms with Gasteiger partial charge >= 0.3 is 0 Å². The molecule has 0 aliphatic carbocycles. The Morgan fingerprint density at radius 3 is 2.78 bits per heavy atom. The highest BCUT2D eigenvalue weighted by molar-refractivity contribution is 6.31. The summed E-state index contributed by atoms with van der Waals surface area (Å²) in [6, 6.07) is 14.4. The number of aromatic amines is 1. The third-order valence-electron chi connectivity index (χ3n) is 5.31. The van der Waals surface area contributed by atoms with Crippen molar-refractivity contribution >= 4 is 29.1 Å². The summed E-state index contributed by atoms with van der Waals surface area (Å²) < 4.78 is 5.30. The molecule has 2 heterocycles. The molecule has 8 nitrogen and oxygen atoms in total. The van der Waals surface area contributed by atoms with Gasteiger partial charge in [-0.2, -0.15) is 5.10 Å². The number of anilines is 1. The largest absolute Gasteiger partial charge is 0.496 e. The predicted molar refractivity (Wildman–Crippen MR) is 121 cm³/mol. The van der Waals surface area contributed by atoms with Crippen LogP contribution in [-0.4, -0.2) is 46.6 Å². The van der Waals surface area contributed by atoms with Gasteiger partial charge in [0.15, 0.2) is 0 Å². The number of amides is 2. The number of ether oxygens (including phenoxy) is 1. The molecular weight excluding hydrogens is 432 g/mol. The second kappa shape index (κ2) is 9.23. The predicted octanol–water partition coefficient (Wildman–Crippen LogP) is 3.34. The fourth-order valence-electron chi connectivity index (χ4n) is 3.77. The molecule has 1 aromatic heterocycles. The summed E-state index contributed by atoms with van der Waals surface area (Å²) in [4.78, 5) is 39.0. The Morgan fingerprint density at radius 2 is 2.03 bits per heavy atom. The lowest BCUT2D eigenvalue weighted by Crippen LogP contribution is -2.43. The lowest BCUT2D eigenvalue weighted by Gasteiger charge is -2.25. The number of methoxy groups -OCH3 is 1. The lowest BCUT2D eigenvalue weighted by molar-refractivity contribution is -0.119. The summed E-state index contributed by atoms with van der Waals surface area (Å²) in [5.41, 5.74) is 1.92. The molecular formula is C23H21ClN4O4. The number of carbonyl (C=O) groups is 2. The molecule has 1 fully saturated rings. The van der Waals surface area contributed by atoms with Crippen LogP contribution < -0.4 is 15.6 Å². The van der Waals surface area contributed by atoms with Crippen LogP contribution >= 0.6 is 11.6 Å². The van der Waals surface area contributed by atoms with Crippen LogP contribution in [0.2, 0.25) is 5.02 Å². The third kappa shape index (κ3) is 4.50. The first kappa shape index (κ1) is 21.6. The summed E-state index contributed by atoms with van der Waals surface area (Å²) in [6.07, 6.45) is 1.27. The van der Waals surface area contributed by atoms with E-state index in [-0.39, 0.29) is 17.4 Å². The summed E-state index contributed by atoms with van der Waals surface area (Å²) >= 11 is 6.07. The van der Waals surface area contributed by atoms with Crippen molar-refractivity contribution in [3.05, 3.63) is 75.5 Å². The van der Waals surface area contributed by atoms with Gasteiger partial charge in [-0.1, -0.05) is 23.7 Å². The molecule has 0 spiro atoms. The van der Waals surface area contributed by atoms with Crippen molar-refractivity contribution in [2.45, 2.75) is 18.9 Å². The van der Waals surface area contributed by atoms with Gasteiger partial charge in [-0.15, -0.1) is 0 Å². The Balaban J connectivity index is 1.53. The minimum absolute atomic E-state index is 0.275. The van der Waals surface area contributed by atoms with Gasteiger partial charge in [0, 0.05) is 28.9 Å². The number of likely N-dealkylation sites (tertiary alicyclic amines) is 1. The van der Waals surface area contributed by atoms with Crippen LogP contribution in [0.5, 0.6) is 5.75 Å². The van der Waals surface area contributed by atoms with Gasteiger partial charge in [-0.25, -0.2) is 5.10 Å². The molecule has 0 bridgehead atoms. The lowest BCUT2D eigenvalue weighted by atomic mass is 10.1. The van der Waals surface area contributed by atoms with Crippen molar-refractivity contribution in [2.24, 2.45) is 0 Å². The minimum atomic E-state index is -0.610. The molecule has 9 heteroatoms. The highest BCUT2D eigenvalue weighted by Gasteiger charge is 2.35. The topological polar surface area (TPSA) is 104 Å². The number of H-pyrrole nitrogens is 1. The summed E-state index contributed by atoms with van der Waals surface area (Å²) in [5.74, 6) is -0.164. The van der Waals surface area contributed by atoms with Crippen LogP contribution in [0.1, 0.15) is 23.2 Å². The second-order valence-corrected chi connectivity index (χ2v) is 7.81. The first-order chi connectivity index (χ1) is 15.5. The van der Waals surface area contributed by atoms with Crippen LogP contribution in [0.3, 0.4) is 0 Å². The van der Waals surface area contributed by atoms with Gasteiger partial charge < -0.3 is 15.0 Å². The molecule has 0 saturated carbocycles. The Bertz CT molecular complexity index is 1210. The van der Waals surface area contributed by atoms with Crippen LogP contribution in [-0.2, 0) is 4.79 Å². The zero-order valence-electron chi connectivity index (χ0n) is 17.3. The summed E-state index contributed by atoms with van der Waals surface area (Å²) in [5, 5.41) is 9.72. The van der Waals surface area contributed by atoms with E-state index in [1.165, 1.54) is 13.2 Å². The van der Waals surface area contributed by atoms with Crippen LogP contribution in [0.25, 0.3) is 11.3 Å². The van der Waals surface area contributed by atoms with Gasteiger partial charge in [0.2, 0.25) is 5.91 Å². The first-order valence-corrected chi connectivity index (χ1v) is 10.5. The number of carbonyl (C=O) groups excluding carboxylic acids is 2. The van der Waals surface area contributed by atoms with Crippen LogP contribution in [0.4, 0.5) is 5.69 Å². The van der Waals surface area contributed by atoms with E-state index < -0.39 is 6.04 Å². The highest BCUT2D eigenvalue weighted by Crippen LogP contribution is 2.28. The monoisotopic (exact) mass is 452 g/mol. The maximum atomic E-state index is 13.2. The van der Waals surface area contributed by atoms with E-state index in [0.29, 0.717) is 47.1 Å². The molecule has 1 aliphatic rings. The van der Waals surface area contributed by atoms with E-state index in [1.54, 1.807) is 47.4 Å². The maximum Gasteiger partial charge on any atom is 0.264 e. The van der Waals surface area contributed by atoms with Gasteiger partial charge in [0.05, 0.1) is 18.4 Å². The standard InChI is InChI=1S/C23H21ClN4O4/c1-32-20-9-7-15(24)13-17(20)23(31)28-11-3-6-19(28)22(30)25-16-5-2-4-14(12-16)18-8-10-21(29)27-26-18/h2,4-5,7-10,12-13,19H,3,6,11H2,1H3,(H,25,30)(H,27,29). The first-order valence-electron chi connectivity index (χ1n) is 10.1.